The summed E-state index contributed by atoms with van der Waals surface area (Å²) in [5.41, 5.74) is 4.03. The van der Waals surface area contributed by atoms with Gasteiger partial charge in [-0.1, -0.05) is 47.7 Å². The third-order valence-corrected chi connectivity index (χ3v) is 6.23. The summed E-state index contributed by atoms with van der Waals surface area (Å²) in [5, 5.41) is 13.5. The molecule has 7 heteroatoms. The number of fused-ring (bicyclic) bond motifs is 4. The number of pyridine rings is 2. The van der Waals surface area contributed by atoms with E-state index in [1.807, 2.05) is 36.5 Å². The highest BCUT2D eigenvalue weighted by molar-refractivity contribution is 7.25. The molecule has 0 amide bonds. The average molecular weight is 407 g/mol. The van der Waals surface area contributed by atoms with Gasteiger partial charge < -0.3 is 0 Å². The summed E-state index contributed by atoms with van der Waals surface area (Å²) >= 11 is 1.33. The topological polar surface area (TPSA) is 84.4 Å². The first-order valence-electron chi connectivity index (χ1n) is 9.36. The SMILES string of the molecule is O=c1[nH]nnc2c1sc1nc(-c3ccc4ccccc4c3)cc(-c3cccnc3)c12. The van der Waals surface area contributed by atoms with E-state index >= 15 is 0 Å². The molecule has 2 aromatic carbocycles. The molecular weight excluding hydrogens is 394 g/mol. The van der Waals surface area contributed by atoms with Crippen LogP contribution in [0.25, 0.3) is 53.6 Å². The van der Waals surface area contributed by atoms with E-state index in [9.17, 15) is 4.79 Å². The first-order chi connectivity index (χ1) is 14.8. The fourth-order valence-electron chi connectivity index (χ4n) is 3.75. The number of hydrogen-bond donors (Lipinski definition) is 1. The van der Waals surface area contributed by atoms with Crippen molar-refractivity contribution in [2.45, 2.75) is 0 Å². The van der Waals surface area contributed by atoms with Crippen molar-refractivity contribution < 1.29 is 0 Å². The van der Waals surface area contributed by atoms with Crippen LogP contribution in [0.3, 0.4) is 0 Å². The van der Waals surface area contributed by atoms with Crippen LogP contribution in [-0.4, -0.2) is 25.4 Å². The van der Waals surface area contributed by atoms with Gasteiger partial charge in [-0.05, 0) is 34.5 Å². The molecular formula is C23H13N5OS. The minimum absolute atomic E-state index is 0.257. The molecule has 0 aliphatic heterocycles. The van der Waals surface area contributed by atoms with E-state index in [0.29, 0.717) is 10.2 Å². The Morgan fingerprint density at radius 2 is 1.80 bits per heavy atom. The molecule has 0 atom stereocenters. The van der Waals surface area contributed by atoms with Crippen molar-refractivity contribution in [3.63, 3.8) is 0 Å². The lowest BCUT2D eigenvalue weighted by Crippen LogP contribution is -2.07. The van der Waals surface area contributed by atoms with Crippen molar-refractivity contribution in [2.24, 2.45) is 0 Å². The molecule has 4 aromatic heterocycles. The Balaban J connectivity index is 1.70. The maximum atomic E-state index is 12.3. The fraction of sp³-hybridized carbons (Fsp3) is 0. The van der Waals surface area contributed by atoms with Crippen molar-refractivity contribution in [2.75, 3.05) is 0 Å². The normalized spacial score (nSPS) is 11.5. The highest BCUT2D eigenvalue weighted by Crippen LogP contribution is 2.39. The van der Waals surface area contributed by atoms with Gasteiger partial charge in [-0.3, -0.25) is 9.78 Å². The molecule has 0 aliphatic carbocycles. The number of benzene rings is 2. The van der Waals surface area contributed by atoms with Gasteiger partial charge in [0.05, 0.1) is 5.69 Å². The van der Waals surface area contributed by atoms with Gasteiger partial charge in [0, 0.05) is 28.9 Å². The first kappa shape index (κ1) is 16.9. The van der Waals surface area contributed by atoms with E-state index in [2.05, 4.69) is 50.7 Å². The molecule has 0 spiro atoms. The second-order valence-electron chi connectivity index (χ2n) is 6.96. The van der Waals surface area contributed by atoms with Crippen LogP contribution in [0, 0.1) is 0 Å². The molecule has 0 unspecified atom stereocenters. The lowest BCUT2D eigenvalue weighted by atomic mass is 10.00. The number of nitrogens with zero attached hydrogens (tertiary/aromatic N) is 4. The summed E-state index contributed by atoms with van der Waals surface area (Å²) in [6, 6.07) is 20.5. The van der Waals surface area contributed by atoms with Crippen LogP contribution in [0.5, 0.6) is 0 Å². The molecule has 6 rings (SSSR count). The van der Waals surface area contributed by atoms with E-state index < -0.39 is 0 Å². The van der Waals surface area contributed by atoms with E-state index in [1.165, 1.54) is 16.7 Å². The number of thiophene rings is 1. The second-order valence-corrected chi connectivity index (χ2v) is 7.96. The van der Waals surface area contributed by atoms with Gasteiger partial charge in [0.1, 0.15) is 15.0 Å². The van der Waals surface area contributed by atoms with Crippen LogP contribution < -0.4 is 5.56 Å². The highest BCUT2D eigenvalue weighted by atomic mass is 32.1. The maximum absolute atomic E-state index is 12.3. The predicted octanol–water partition coefficient (Wildman–Crippen LogP) is 4.81. The lowest BCUT2D eigenvalue weighted by Gasteiger charge is -2.08. The third-order valence-electron chi connectivity index (χ3n) is 5.16. The van der Waals surface area contributed by atoms with Crippen molar-refractivity contribution >= 4 is 42.5 Å². The van der Waals surface area contributed by atoms with Gasteiger partial charge >= 0.3 is 0 Å². The highest BCUT2D eigenvalue weighted by Gasteiger charge is 2.18. The maximum Gasteiger partial charge on any atom is 0.285 e. The summed E-state index contributed by atoms with van der Waals surface area (Å²) in [5.74, 6) is 0. The molecule has 0 saturated heterocycles. The van der Waals surface area contributed by atoms with Crippen LogP contribution in [0.1, 0.15) is 0 Å². The van der Waals surface area contributed by atoms with Gasteiger partial charge in [-0.2, -0.15) is 0 Å². The predicted molar refractivity (Wildman–Crippen MR) is 120 cm³/mol. The Morgan fingerprint density at radius 3 is 2.67 bits per heavy atom. The number of H-pyrrole nitrogens is 1. The van der Waals surface area contributed by atoms with Gasteiger partial charge in [0.15, 0.2) is 0 Å². The van der Waals surface area contributed by atoms with Crippen molar-refractivity contribution in [1.82, 2.24) is 25.4 Å². The zero-order chi connectivity index (χ0) is 20.1. The number of aromatic amines is 1. The van der Waals surface area contributed by atoms with E-state index in [1.54, 1.807) is 6.20 Å². The molecule has 30 heavy (non-hydrogen) atoms. The Hall–Kier alpha value is -3.97. The molecule has 0 fully saturated rings. The number of aromatic nitrogens is 5. The molecule has 1 N–H and O–H groups in total. The van der Waals surface area contributed by atoms with Crippen LogP contribution in [0.15, 0.2) is 77.9 Å². The summed E-state index contributed by atoms with van der Waals surface area (Å²) in [7, 11) is 0. The fourth-order valence-corrected chi connectivity index (χ4v) is 4.77. The molecule has 4 heterocycles. The standard InChI is InChI=1S/C23H13N5OS/c29-22-21-20(26-28-27-22)19-17(16-6-3-9-24-12-16)11-18(25-23(19)30-21)15-8-7-13-4-1-2-5-14(13)10-15/h1-12H,(H,26,27,29). The first-order valence-corrected chi connectivity index (χ1v) is 10.2. The molecule has 6 nitrogen and oxygen atoms in total. The summed E-state index contributed by atoms with van der Waals surface area (Å²) in [6.07, 6.45) is 3.55. The van der Waals surface area contributed by atoms with E-state index in [4.69, 9.17) is 4.98 Å². The minimum atomic E-state index is -0.257. The summed E-state index contributed by atoms with van der Waals surface area (Å²) < 4.78 is 0.522. The van der Waals surface area contributed by atoms with E-state index in [0.717, 1.165) is 38.0 Å². The zero-order valence-electron chi connectivity index (χ0n) is 15.5. The smallest absolute Gasteiger partial charge is 0.266 e. The molecule has 0 aliphatic rings. The molecule has 0 bridgehead atoms. The number of hydrogen-bond acceptors (Lipinski definition) is 6. The van der Waals surface area contributed by atoms with Gasteiger partial charge in [0.2, 0.25) is 0 Å². The third kappa shape index (κ3) is 2.60. The Kier molecular flexibility index (Phi) is 3.69. The molecule has 142 valence electrons. The van der Waals surface area contributed by atoms with Crippen molar-refractivity contribution in [3.05, 3.63) is 83.4 Å². The van der Waals surface area contributed by atoms with Crippen LogP contribution in [-0.2, 0) is 0 Å². The number of rotatable bonds is 2. The Morgan fingerprint density at radius 1 is 0.900 bits per heavy atom. The largest absolute Gasteiger partial charge is 0.285 e. The molecule has 6 aromatic rings. The summed E-state index contributed by atoms with van der Waals surface area (Å²) in [6.45, 7) is 0. The van der Waals surface area contributed by atoms with E-state index in [-0.39, 0.29) is 5.56 Å². The molecule has 0 saturated carbocycles. The second kappa shape index (κ2) is 6.53. The molecule has 0 radical (unpaired) electrons. The van der Waals surface area contributed by atoms with Gasteiger partial charge in [0.25, 0.3) is 5.56 Å². The Bertz CT molecular complexity index is 1620. The van der Waals surface area contributed by atoms with Crippen LogP contribution in [0.4, 0.5) is 0 Å². The number of nitrogens with one attached hydrogen (secondary N) is 1. The Labute approximate surface area is 173 Å². The average Bonchev–Trinajstić information content (AvgIpc) is 3.19. The van der Waals surface area contributed by atoms with Crippen molar-refractivity contribution in [1.29, 1.82) is 0 Å². The van der Waals surface area contributed by atoms with Gasteiger partial charge in [-0.15, -0.1) is 16.4 Å². The minimum Gasteiger partial charge on any atom is -0.266 e. The van der Waals surface area contributed by atoms with Gasteiger partial charge in [-0.25, -0.2) is 10.1 Å². The van der Waals surface area contributed by atoms with Crippen LogP contribution >= 0.6 is 11.3 Å². The monoisotopic (exact) mass is 407 g/mol. The quantitative estimate of drug-likeness (QED) is 0.445. The van der Waals surface area contributed by atoms with Crippen LogP contribution in [0.2, 0.25) is 0 Å². The zero-order valence-corrected chi connectivity index (χ0v) is 16.4. The lowest BCUT2D eigenvalue weighted by molar-refractivity contribution is 0.876. The van der Waals surface area contributed by atoms with Crippen molar-refractivity contribution in [3.8, 4) is 22.4 Å². The summed E-state index contributed by atoms with van der Waals surface area (Å²) in [4.78, 5) is 22.2.